The van der Waals surface area contributed by atoms with E-state index in [1.165, 1.54) is 6.08 Å². The molecule has 3 aliphatic rings. The summed E-state index contributed by atoms with van der Waals surface area (Å²) < 4.78 is 16.2. The molecule has 0 N–H and O–H groups in total. The minimum atomic E-state index is -1.55. The van der Waals surface area contributed by atoms with E-state index in [1.54, 1.807) is 30.3 Å². The molecule has 2 amide bonds. The molecule has 3 heterocycles. The lowest BCUT2D eigenvalue weighted by Gasteiger charge is -2.34. The number of imide groups is 1. The van der Waals surface area contributed by atoms with Crippen molar-refractivity contribution in [2.45, 2.75) is 31.8 Å². The summed E-state index contributed by atoms with van der Waals surface area (Å²) in [6, 6.07) is 6.28. The number of hydrogen-bond donors (Lipinski definition) is 0. The highest BCUT2D eigenvalue weighted by atomic mass is 35.5. The predicted molar refractivity (Wildman–Crippen MR) is 95.0 cm³/mol. The minimum Gasteiger partial charge on any atom is -0.422 e. The molecule has 146 valence electrons. The molecule has 4 unspecified atom stereocenters. The van der Waals surface area contributed by atoms with E-state index in [1.807, 2.05) is 0 Å². The van der Waals surface area contributed by atoms with Crippen molar-refractivity contribution in [3.63, 3.8) is 0 Å². The zero-order valence-corrected chi connectivity index (χ0v) is 15.7. The number of amides is 2. The Morgan fingerprint density at radius 1 is 1.11 bits per heavy atom. The second kappa shape index (κ2) is 6.42. The highest BCUT2D eigenvalue weighted by Crippen LogP contribution is 2.54. The van der Waals surface area contributed by atoms with Crippen molar-refractivity contribution in [1.82, 2.24) is 0 Å². The van der Waals surface area contributed by atoms with Crippen molar-refractivity contribution >= 4 is 41.0 Å². The van der Waals surface area contributed by atoms with Gasteiger partial charge >= 0.3 is 11.9 Å². The molecule has 0 aromatic heterocycles. The van der Waals surface area contributed by atoms with Gasteiger partial charge in [-0.3, -0.25) is 19.2 Å². The fourth-order valence-electron chi connectivity index (χ4n) is 4.06. The topological polar surface area (TPSA) is 99.2 Å². The summed E-state index contributed by atoms with van der Waals surface area (Å²) in [6.45, 7) is 2.30. The van der Waals surface area contributed by atoms with Crippen LogP contribution in [0.2, 0.25) is 5.02 Å². The van der Waals surface area contributed by atoms with Gasteiger partial charge in [0.05, 0.1) is 23.6 Å². The lowest BCUT2D eigenvalue weighted by molar-refractivity contribution is -0.226. The monoisotopic (exact) mass is 405 g/mol. The van der Waals surface area contributed by atoms with Crippen LogP contribution in [0, 0.1) is 11.8 Å². The van der Waals surface area contributed by atoms with Crippen molar-refractivity contribution < 1.29 is 33.4 Å². The Hall–Kier alpha value is -2.71. The van der Waals surface area contributed by atoms with Gasteiger partial charge in [-0.1, -0.05) is 17.7 Å². The summed E-state index contributed by atoms with van der Waals surface area (Å²) in [5.41, 5.74) is -1.18. The van der Waals surface area contributed by atoms with Crippen LogP contribution in [-0.4, -0.2) is 41.7 Å². The number of halogens is 1. The van der Waals surface area contributed by atoms with Crippen LogP contribution in [0.25, 0.3) is 0 Å². The fourth-order valence-corrected chi connectivity index (χ4v) is 4.19. The van der Waals surface area contributed by atoms with Crippen LogP contribution in [-0.2, 0) is 33.4 Å². The highest BCUT2D eigenvalue weighted by molar-refractivity contribution is 6.31. The van der Waals surface area contributed by atoms with Crippen LogP contribution in [0.15, 0.2) is 36.4 Å². The van der Waals surface area contributed by atoms with Gasteiger partial charge in [-0.05, 0) is 30.3 Å². The summed E-state index contributed by atoms with van der Waals surface area (Å²) in [4.78, 5) is 50.4. The van der Waals surface area contributed by atoms with Gasteiger partial charge in [-0.25, -0.2) is 4.90 Å². The molecule has 2 bridgehead atoms. The molecule has 9 heteroatoms. The molecular weight excluding hydrogens is 390 g/mol. The number of esters is 2. The van der Waals surface area contributed by atoms with Gasteiger partial charge in [0.1, 0.15) is 0 Å². The first-order chi connectivity index (χ1) is 13.2. The molecule has 28 heavy (non-hydrogen) atoms. The average molecular weight is 406 g/mol. The number of fused-ring (bicyclic) bond motifs is 5. The van der Waals surface area contributed by atoms with E-state index < -0.39 is 53.6 Å². The molecule has 4 atom stereocenters. The summed E-state index contributed by atoms with van der Waals surface area (Å²) in [5, 5.41) is 0.467. The van der Waals surface area contributed by atoms with E-state index in [-0.39, 0.29) is 0 Å². The molecule has 8 nitrogen and oxygen atoms in total. The average Bonchev–Trinajstić information content (AvgIpc) is 3.26. The van der Waals surface area contributed by atoms with E-state index in [2.05, 4.69) is 0 Å². The van der Waals surface area contributed by atoms with Gasteiger partial charge in [-0.15, -0.1) is 0 Å². The zero-order valence-electron chi connectivity index (χ0n) is 15.0. The summed E-state index contributed by atoms with van der Waals surface area (Å²) in [5.74, 6) is -4.17. The second-order valence-corrected chi connectivity index (χ2v) is 7.27. The highest BCUT2D eigenvalue weighted by Gasteiger charge is 2.72. The minimum absolute atomic E-state index is 0.375. The van der Waals surface area contributed by atoms with E-state index in [4.69, 9.17) is 25.8 Å². The van der Waals surface area contributed by atoms with E-state index in [0.29, 0.717) is 10.7 Å². The third-order valence-corrected chi connectivity index (χ3v) is 5.33. The van der Waals surface area contributed by atoms with Gasteiger partial charge < -0.3 is 14.2 Å². The zero-order chi connectivity index (χ0) is 20.2. The third kappa shape index (κ3) is 2.63. The maximum atomic E-state index is 13.2. The van der Waals surface area contributed by atoms with E-state index in [0.717, 1.165) is 18.7 Å². The van der Waals surface area contributed by atoms with Crippen LogP contribution < -0.4 is 4.90 Å². The number of carbonyl (C=O) groups is 4. The number of benzene rings is 1. The van der Waals surface area contributed by atoms with Gasteiger partial charge in [-0.2, -0.15) is 0 Å². The molecule has 0 saturated carbocycles. The molecule has 4 rings (SSSR count). The molecule has 0 radical (unpaired) electrons. The van der Waals surface area contributed by atoms with Gasteiger partial charge in [0.2, 0.25) is 11.8 Å². The first-order valence-corrected chi connectivity index (χ1v) is 8.97. The number of hydrogen-bond acceptors (Lipinski definition) is 7. The van der Waals surface area contributed by atoms with Crippen molar-refractivity contribution in [3.8, 4) is 0 Å². The first-order valence-electron chi connectivity index (χ1n) is 8.59. The first kappa shape index (κ1) is 18.6. The number of nitrogens with zero attached hydrogens (tertiary/aromatic N) is 1. The van der Waals surface area contributed by atoms with Gasteiger partial charge in [0.15, 0.2) is 5.60 Å². The maximum absolute atomic E-state index is 13.2. The smallest absolute Gasteiger partial charge is 0.305 e. The van der Waals surface area contributed by atoms with Gasteiger partial charge in [0.25, 0.3) is 6.29 Å². The largest absolute Gasteiger partial charge is 0.422 e. The molecule has 0 aliphatic carbocycles. The van der Waals surface area contributed by atoms with E-state index in [9.17, 15) is 19.2 Å². The predicted octanol–water partition coefficient (Wildman–Crippen LogP) is 1.61. The molecule has 1 aromatic rings. The lowest BCUT2D eigenvalue weighted by Crippen LogP contribution is -2.52. The quantitative estimate of drug-likeness (QED) is 0.324. The molecule has 3 aliphatic heterocycles. The van der Waals surface area contributed by atoms with Crippen LogP contribution >= 0.6 is 11.6 Å². The van der Waals surface area contributed by atoms with Crippen LogP contribution in [0.1, 0.15) is 13.8 Å². The van der Waals surface area contributed by atoms with Crippen molar-refractivity contribution in [3.05, 3.63) is 41.4 Å². The molecule has 2 saturated heterocycles. The van der Waals surface area contributed by atoms with E-state index >= 15 is 0 Å². The summed E-state index contributed by atoms with van der Waals surface area (Å²) in [7, 11) is 0. The van der Waals surface area contributed by atoms with Crippen molar-refractivity contribution in [2.75, 3.05) is 4.90 Å². The summed E-state index contributed by atoms with van der Waals surface area (Å²) >= 11 is 5.89. The lowest BCUT2D eigenvalue weighted by atomic mass is 9.76. The Labute approximate surface area is 165 Å². The maximum Gasteiger partial charge on any atom is 0.305 e. The summed E-state index contributed by atoms with van der Waals surface area (Å²) in [6.07, 6.45) is 0.983. The third-order valence-electron chi connectivity index (χ3n) is 5.08. The number of carbonyl (C=O) groups excluding carboxylic acids is 4. The Balaban J connectivity index is 1.74. The Morgan fingerprint density at radius 3 is 2.29 bits per heavy atom. The number of rotatable bonds is 4. The van der Waals surface area contributed by atoms with Crippen LogP contribution in [0.4, 0.5) is 5.69 Å². The van der Waals surface area contributed by atoms with Crippen LogP contribution in [0.5, 0.6) is 0 Å². The van der Waals surface area contributed by atoms with Crippen LogP contribution in [0.3, 0.4) is 0 Å². The number of anilines is 1. The Morgan fingerprint density at radius 2 is 1.71 bits per heavy atom. The second-order valence-electron chi connectivity index (χ2n) is 6.84. The van der Waals surface area contributed by atoms with Crippen molar-refractivity contribution in [1.29, 1.82) is 0 Å². The number of ether oxygens (including phenoxy) is 3. The molecule has 1 aromatic carbocycles. The Kier molecular flexibility index (Phi) is 4.28. The normalized spacial score (nSPS) is 30.1. The Bertz CT molecular complexity index is 895. The SMILES string of the molecule is CC(=O)OC(OC(C)=O)C12C=CC(O1)C1C(=O)N(c3ccc(Cl)cc3)C(=O)C12. The molecule has 2 fully saturated rings. The fraction of sp³-hybridized carbons (Fsp3) is 0.368. The van der Waals surface area contributed by atoms with Gasteiger partial charge in [0, 0.05) is 18.9 Å². The van der Waals surface area contributed by atoms with Crippen molar-refractivity contribution in [2.24, 2.45) is 11.8 Å². The molecular formula is C19H16ClNO7. The molecule has 0 spiro atoms. The standard InChI is InChI=1S/C19H16ClNO7/c1-9(22)26-18(27-10(2)23)19-8-7-13(28-19)14-15(19)17(25)21(16(14)24)12-5-3-11(20)4-6-12/h3-8,13-15,18H,1-2H3.